The molecule has 7 aromatic rings. The maximum Gasteiger partial charge on any atom is 0.136 e. The van der Waals surface area contributed by atoms with Gasteiger partial charge in [0.25, 0.3) is 0 Å². The molecule has 2 nitrogen and oxygen atoms in total. The van der Waals surface area contributed by atoms with Gasteiger partial charge in [-0.25, -0.2) is 0 Å². The zero-order valence-corrected chi connectivity index (χ0v) is 26.6. The summed E-state index contributed by atoms with van der Waals surface area (Å²) in [5.74, 6) is 0. The van der Waals surface area contributed by atoms with E-state index in [1.165, 1.54) is 44.6 Å². The molecule has 0 aliphatic heterocycles. The summed E-state index contributed by atoms with van der Waals surface area (Å²) < 4.78 is 6.34. The normalized spacial score (nSPS) is 13.6. The Balaban J connectivity index is 1.42. The van der Waals surface area contributed by atoms with Crippen LogP contribution in [-0.2, 0) is 10.8 Å². The number of rotatable bonds is 4. The summed E-state index contributed by atoms with van der Waals surface area (Å²) in [5.41, 5.74) is 14.2. The van der Waals surface area contributed by atoms with Crippen LogP contribution in [0.2, 0.25) is 0 Å². The summed E-state index contributed by atoms with van der Waals surface area (Å²) >= 11 is 0. The summed E-state index contributed by atoms with van der Waals surface area (Å²) in [5, 5.41) is 2.28. The van der Waals surface area contributed by atoms with Gasteiger partial charge in [0.2, 0.25) is 0 Å². The van der Waals surface area contributed by atoms with Gasteiger partial charge in [0, 0.05) is 33.1 Å². The number of fused-ring (bicyclic) bond motifs is 6. The third-order valence-corrected chi connectivity index (χ3v) is 9.62. The largest absolute Gasteiger partial charge is 0.456 e. The molecule has 2 heteroatoms. The van der Waals surface area contributed by atoms with Crippen LogP contribution in [0.5, 0.6) is 0 Å². The van der Waals surface area contributed by atoms with Crippen molar-refractivity contribution in [1.29, 1.82) is 0 Å². The molecule has 1 heterocycles. The van der Waals surface area contributed by atoms with E-state index in [-0.39, 0.29) is 10.8 Å². The summed E-state index contributed by atoms with van der Waals surface area (Å²) in [4.78, 5) is 2.48. The second-order valence-corrected chi connectivity index (χ2v) is 13.8. The molecule has 0 N–H and O–H groups in total. The second kappa shape index (κ2) is 9.97. The molecule has 6 aromatic carbocycles. The number of furan rings is 1. The van der Waals surface area contributed by atoms with Gasteiger partial charge in [-0.1, -0.05) is 132 Å². The van der Waals surface area contributed by atoms with Crippen molar-refractivity contribution in [1.82, 2.24) is 0 Å². The molecule has 220 valence electrons. The third kappa shape index (κ3) is 4.24. The van der Waals surface area contributed by atoms with Gasteiger partial charge in [0.15, 0.2) is 0 Å². The minimum Gasteiger partial charge on any atom is -0.456 e. The minimum atomic E-state index is -0.0992. The predicted molar refractivity (Wildman–Crippen MR) is 190 cm³/mol. The molecule has 0 saturated heterocycles. The summed E-state index contributed by atoms with van der Waals surface area (Å²) in [6, 6.07) is 48.4. The van der Waals surface area contributed by atoms with Gasteiger partial charge in [0.1, 0.15) is 11.2 Å². The number of anilines is 3. The number of nitrogens with zero attached hydrogens (tertiary/aromatic N) is 1. The van der Waals surface area contributed by atoms with E-state index in [1.807, 2.05) is 6.07 Å². The lowest BCUT2D eigenvalue weighted by Crippen LogP contribution is -2.20. The molecule has 8 rings (SSSR count). The van der Waals surface area contributed by atoms with Crippen molar-refractivity contribution in [3.05, 3.63) is 150 Å². The Morgan fingerprint density at radius 3 is 1.98 bits per heavy atom. The quantitative estimate of drug-likeness (QED) is 0.205. The van der Waals surface area contributed by atoms with Gasteiger partial charge in [0.05, 0.1) is 5.69 Å². The zero-order valence-electron chi connectivity index (χ0n) is 26.6. The highest BCUT2D eigenvalue weighted by Crippen LogP contribution is 2.52. The zero-order chi connectivity index (χ0) is 30.9. The van der Waals surface area contributed by atoms with Gasteiger partial charge in [-0.2, -0.15) is 0 Å². The fourth-order valence-corrected chi connectivity index (χ4v) is 7.44. The summed E-state index contributed by atoms with van der Waals surface area (Å²) in [6.45, 7) is 11.6. The average molecular weight is 584 g/mol. The van der Waals surface area contributed by atoms with E-state index < -0.39 is 0 Å². The van der Waals surface area contributed by atoms with Crippen LogP contribution in [0.15, 0.2) is 138 Å². The molecular formula is C43H37NO. The van der Waals surface area contributed by atoms with Crippen LogP contribution >= 0.6 is 0 Å². The van der Waals surface area contributed by atoms with Gasteiger partial charge in [-0.05, 0) is 75.2 Å². The SMILES string of the molecule is CC(C)(C)c1ccccc1N(c1ccc2c(c1)C(C)(C)c1ccccc1-2)c1ccccc1-c1cccc2oc3ccccc3c12. The van der Waals surface area contributed by atoms with Crippen molar-refractivity contribution in [3.63, 3.8) is 0 Å². The molecule has 0 fully saturated rings. The van der Waals surface area contributed by atoms with Gasteiger partial charge in [-0.3, -0.25) is 0 Å². The first-order valence-corrected chi connectivity index (χ1v) is 15.9. The first kappa shape index (κ1) is 27.5. The van der Waals surface area contributed by atoms with Gasteiger partial charge >= 0.3 is 0 Å². The summed E-state index contributed by atoms with van der Waals surface area (Å²) in [6.07, 6.45) is 0. The molecular weight excluding hydrogens is 546 g/mol. The number of hydrogen-bond acceptors (Lipinski definition) is 2. The predicted octanol–water partition coefficient (Wildman–Crippen LogP) is 12.3. The fraction of sp³-hybridized carbons (Fsp3) is 0.163. The Bertz CT molecular complexity index is 2240. The lowest BCUT2D eigenvalue weighted by atomic mass is 9.82. The van der Waals surface area contributed by atoms with Crippen molar-refractivity contribution >= 4 is 39.0 Å². The highest BCUT2D eigenvalue weighted by Gasteiger charge is 2.36. The van der Waals surface area contributed by atoms with E-state index in [1.54, 1.807) is 0 Å². The van der Waals surface area contributed by atoms with Crippen LogP contribution in [0.3, 0.4) is 0 Å². The van der Waals surface area contributed by atoms with Crippen LogP contribution in [0.25, 0.3) is 44.2 Å². The topological polar surface area (TPSA) is 16.4 Å². The van der Waals surface area contributed by atoms with Crippen LogP contribution in [-0.4, -0.2) is 0 Å². The Kier molecular flexibility index (Phi) is 6.09. The van der Waals surface area contributed by atoms with Crippen LogP contribution in [0.1, 0.15) is 51.3 Å². The van der Waals surface area contributed by atoms with Crippen LogP contribution in [0, 0.1) is 0 Å². The van der Waals surface area contributed by atoms with E-state index in [0.717, 1.165) is 33.3 Å². The van der Waals surface area contributed by atoms with Crippen molar-refractivity contribution in [2.24, 2.45) is 0 Å². The van der Waals surface area contributed by atoms with Crippen molar-refractivity contribution in [2.75, 3.05) is 4.90 Å². The Morgan fingerprint density at radius 2 is 1.16 bits per heavy atom. The van der Waals surface area contributed by atoms with Gasteiger partial charge in [-0.15, -0.1) is 0 Å². The molecule has 0 unspecified atom stereocenters. The molecule has 0 bridgehead atoms. The Labute approximate surface area is 265 Å². The molecule has 45 heavy (non-hydrogen) atoms. The minimum absolute atomic E-state index is 0.0587. The standard InChI is InChI=1S/C43H37NO/c1-42(2,3)35-20-10-12-22-38(35)44(28-25-26-30-29-15-6-9-19-34(29)43(4,5)36(30)27-28)37-21-11-7-16-31(37)32-18-14-24-40-41(32)33-17-8-13-23-39(33)45-40/h6-27H,1-5H3. The number of benzene rings is 6. The molecule has 0 saturated carbocycles. The van der Waals surface area contributed by atoms with E-state index in [4.69, 9.17) is 4.42 Å². The highest BCUT2D eigenvalue weighted by molar-refractivity contribution is 6.13. The lowest BCUT2D eigenvalue weighted by Gasteiger charge is -2.34. The lowest BCUT2D eigenvalue weighted by molar-refractivity contribution is 0.591. The first-order chi connectivity index (χ1) is 21.7. The van der Waals surface area contributed by atoms with Crippen molar-refractivity contribution < 1.29 is 4.42 Å². The monoisotopic (exact) mass is 583 g/mol. The average Bonchev–Trinajstić information content (AvgIpc) is 3.54. The van der Waals surface area contributed by atoms with Crippen LogP contribution < -0.4 is 4.90 Å². The Hall–Kier alpha value is -5.08. The van der Waals surface area contributed by atoms with Crippen molar-refractivity contribution in [2.45, 2.75) is 45.4 Å². The van der Waals surface area contributed by atoms with E-state index in [2.05, 4.69) is 167 Å². The molecule has 1 aromatic heterocycles. The van der Waals surface area contributed by atoms with Gasteiger partial charge < -0.3 is 9.32 Å². The molecule has 1 aliphatic rings. The smallest absolute Gasteiger partial charge is 0.136 e. The summed E-state index contributed by atoms with van der Waals surface area (Å²) in [7, 11) is 0. The number of hydrogen-bond donors (Lipinski definition) is 0. The maximum absolute atomic E-state index is 6.34. The Morgan fingerprint density at radius 1 is 0.533 bits per heavy atom. The molecule has 0 atom stereocenters. The molecule has 1 aliphatic carbocycles. The van der Waals surface area contributed by atoms with E-state index >= 15 is 0 Å². The number of para-hydroxylation sites is 3. The van der Waals surface area contributed by atoms with E-state index in [9.17, 15) is 0 Å². The maximum atomic E-state index is 6.34. The molecule has 0 amide bonds. The van der Waals surface area contributed by atoms with Crippen molar-refractivity contribution in [3.8, 4) is 22.3 Å². The van der Waals surface area contributed by atoms with E-state index in [0.29, 0.717) is 0 Å². The first-order valence-electron chi connectivity index (χ1n) is 15.9. The molecule has 0 spiro atoms. The molecule has 0 radical (unpaired) electrons. The van der Waals surface area contributed by atoms with Crippen LogP contribution in [0.4, 0.5) is 17.1 Å². The fourth-order valence-electron chi connectivity index (χ4n) is 7.44. The third-order valence-electron chi connectivity index (χ3n) is 9.62. The second-order valence-electron chi connectivity index (χ2n) is 13.8. The highest BCUT2D eigenvalue weighted by atomic mass is 16.3.